The zero-order valence-corrected chi connectivity index (χ0v) is 19.2. The molecular formula is C21H19Cl2NO3S2. The second-order valence-corrected chi connectivity index (χ2v) is 8.85. The second-order valence-electron chi connectivity index (χ2n) is 6.36. The minimum absolute atomic E-state index is 0.0807. The van der Waals surface area contributed by atoms with Gasteiger partial charge in [-0.2, -0.15) is 0 Å². The lowest BCUT2D eigenvalue weighted by molar-refractivity contribution is -0.113. The smallest absolute Gasteiger partial charge is 0.270 e. The van der Waals surface area contributed by atoms with Gasteiger partial charge >= 0.3 is 0 Å². The van der Waals surface area contributed by atoms with E-state index in [1.807, 2.05) is 25.1 Å². The molecule has 1 aliphatic rings. The molecule has 2 aromatic rings. The molecule has 0 aromatic heterocycles. The van der Waals surface area contributed by atoms with Gasteiger partial charge in [-0.25, -0.2) is 0 Å². The molecule has 0 aliphatic carbocycles. The Morgan fingerprint density at radius 3 is 2.59 bits per heavy atom. The lowest BCUT2D eigenvalue weighted by atomic mass is 10.1. The number of carbonyl (C=O) groups excluding carboxylic acids is 1. The fraction of sp³-hybridized carbons (Fsp3) is 0.238. The van der Waals surface area contributed by atoms with Crippen LogP contribution in [0.2, 0.25) is 10.0 Å². The predicted molar refractivity (Wildman–Crippen MR) is 125 cm³/mol. The van der Waals surface area contributed by atoms with Gasteiger partial charge in [0.15, 0.2) is 15.8 Å². The Balaban J connectivity index is 1.88. The highest BCUT2D eigenvalue weighted by molar-refractivity contribution is 8.27. The molecule has 0 radical (unpaired) electrons. The van der Waals surface area contributed by atoms with Crippen molar-refractivity contribution < 1.29 is 14.3 Å². The SMILES string of the molecule is CC[C@H](C)Oc1ccc(/C=C2/SC(=S)N(c3ccc(Cl)c(Cl)c3)C2=O)cc1OC. The van der Waals surface area contributed by atoms with E-state index >= 15 is 0 Å². The fourth-order valence-electron chi connectivity index (χ4n) is 2.64. The number of hydrogen-bond acceptors (Lipinski definition) is 5. The van der Waals surface area contributed by atoms with Crippen LogP contribution in [0.1, 0.15) is 25.8 Å². The highest BCUT2D eigenvalue weighted by Crippen LogP contribution is 2.39. The molecule has 1 atom stereocenters. The molecule has 1 saturated heterocycles. The number of thiocarbonyl (C=S) groups is 1. The van der Waals surface area contributed by atoms with Gasteiger partial charge in [-0.15, -0.1) is 0 Å². The third-order valence-corrected chi connectivity index (χ3v) is 6.38. The summed E-state index contributed by atoms with van der Waals surface area (Å²) < 4.78 is 11.8. The first-order valence-electron chi connectivity index (χ1n) is 8.91. The second kappa shape index (κ2) is 9.39. The van der Waals surface area contributed by atoms with Crippen LogP contribution in [0.4, 0.5) is 5.69 Å². The average Bonchev–Trinajstić information content (AvgIpc) is 2.98. The van der Waals surface area contributed by atoms with E-state index in [-0.39, 0.29) is 12.0 Å². The van der Waals surface area contributed by atoms with E-state index in [1.165, 1.54) is 16.7 Å². The zero-order chi connectivity index (χ0) is 21.1. The van der Waals surface area contributed by atoms with Crippen LogP contribution in [-0.4, -0.2) is 23.4 Å². The summed E-state index contributed by atoms with van der Waals surface area (Å²) in [6.45, 7) is 4.06. The number of hydrogen-bond donors (Lipinski definition) is 0. The normalized spacial score (nSPS) is 16.4. The van der Waals surface area contributed by atoms with E-state index in [4.69, 9.17) is 44.9 Å². The molecule has 0 N–H and O–H groups in total. The maximum absolute atomic E-state index is 12.9. The van der Waals surface area contributed by atoms with Gasteiger partial charge in [0.05, 0.1) is 33.9 Å². The van der Waals surface area contributed by atoms with Crippen LogP contribution in [-0.2, 0) is 4.79 Å². The summed E-state index contributed by atoms with van der Waals surface area (Å²) >= 11 is 18.7. The Bertz CT molecular complexity index is 994. The van der Waals surface area contributed by atoms with Gasteiger partial charge in [0.1, 0.15) is 0 Å². The van der Waals surface area contributed by atoms with Crippen molar-refractivity contribution >= 4 is 69.2 Å². The molecule has 8 heteroatoms. The van der Waals surface area contributed by atoms with Crippen LogP contribution in [0, 0.1) is 0 Å². The highest BCUT2D eigenvalue weighted by Gasteiger charge is 2.33. The van der Waals surface area contributed by atoms with E-state index < -0.39 is 0 Å². The van der Waals surface area contributed by atoms with E-state index in [1.54, 1.807) is 31.4 Å². The van der Waals surface area contributed by atoms with Gasteiger partial charge in [0.2, 0.25) is 0 Å². The van der Waals surface area contributed by atoms with Gasteiger partial charge < -0.3 is 9.47 Å². The van der Waals surface area contributed by atoms with Crippen molar-refractivity contribution in [3.05, 3.63) is 56.9 Å². The van der Waals surface area contributed by atoms with E-state index in [0.717, 1.165) is 12.0 Å². The van der Waals surface area contributed by atoms with Gasteiger partial charge in [0.25, 0.3) is 5.91 Å². The number of thioether (sulfide) groups is 1. The molecule has 4 nitrogen and oxygen atoms in total. The van der Waals surface area contributed by atoms with Gasteiger partial charge in [-0.3, -0.25) is 9.69 Å². The summed E-state index contributed by atoms with van der Waals surface area (Å²) in [7, 11) is 1.59. The lowest BCUT2D eigenvalue weighted by Crippen LogP contribution is -2.27. The standard InChI is InChI=1S/C21H19Cl2NO3S2/c1-4-12(2)27-17-8-5-13(9-18(17)26-3)10-19-20(25)24(21(28)29-19)14-6-7-15(22)16(23)11-14/h5-12H,4H2,1-3H3/b19-10+/t12-/m0/s1. The Morgan fingerprint density at radius 1 is 1.17 bits per heavy atom. The largest absolute Gasteiger partial charge is 0.493 e. The quantitative estimate of drug-likeness (QED) is 0.354. The van der Waals surface area contributed by atoms with Crippen LogP contribution >= 0.6 is 47.2 Å². The minimum Gasteiger partial charge on any atom is -0.493 e. The van der Waals surface area contributed by atoms with Crippen molar-refractivity contribution in [2.24, 2.45) is 0 Å². The summed E-state index contributed by atoms with van der Waals surface area (Å²) in [6.07, 6.45) is 2.76. The Hall–Kier alpha value is -1.73. The first-order valence-corrected chi connectivity index (χ1v) is 10.9. The average molecular weight is 468 g/mol. The maximum Gasteiger partial charge on any atom is 0.270 e. The van der Waals surface area contributed by atoms with Crippen LogP contribution in [0.25, 0.3) is 6.08 Å². The molecule has 0 unspecified atom stereocenters. The summed E-state index contributed by atoms with van der Waals surface area (Å²) in [5.74, 6) is 1.07. The third-order valence-electron chi connectivity index (χ3n) is 4.34. The van der Waals surface area contributed by atoms with Crippen LogP contribution in [0.5, 0.6) is 11.5 Å². The third kappa shape index (κ3) is 4.89. The van der Waals surface area contributed by atoms with Crippen molar-refractivity contribution in [2.75, 3.05) is 12.0 Å². The fourth-order valence-corrected chi connectivity index (χ4v) is 4.23. The first-order chi connectivity index (χ1) is 13.8. The summed E-state index contributed by atoms with van der Waals surface area (Å²) in [5.41, 5.74) is 1.40. The molecule has 152 valence electrons. The monoisotopic (exact) mass is 467 g/mol. The predicted octanol–water partition coefficient (Wildman–Crippen LogP) is 6.59. The molecule has 1 heterocycles. The van der Waals surface area contributed by atoms with E-state index in [9.17, 15) is 4.79 Å². The van der Waals surface area contributed by atoms with Crippen LogP contribution in [0.15, 0.2) is 41.3 Å². The minimum atomic E-state index is -0.211. The molecule has 2 aromatic carbocycles. The van der Waals surface area contributed by atoms with Gasteiger partial charge in [-0.05, 0) is 55.3 Å². The number of amides is 1. The number of methoxy groups -OCH3 is 1. The van der Waals surface area contributed by atoms with Crippen LogP contribution in [0.3, 0.4) is 0 Å². The van der Waals surface area contributed by atoms with Crippen molar-refractivity contribution in [3.63, 3.8) is 0 Å². The molecule has 0 bridgehead atoms. The van der Waals surface area contributed by atoms with Crippen molar-refractivity contribution in [3.8, 4) is 11.5 Å². The number of ether oxygens (including phenoxy) is 2. The van der Waals surface area contributed by atoms with Crippen molar-refractivity contribution in [1.82, 2.24) is 0 Å². The summed E-state index contributed by atoms with van der Waals surface area (Å²) in [6, 6.07) is 10.5. The van der Waals surface area contributed by atoms with Gasteiger partial charge in [0, 0.05) is 0 Å². The Morgan fingerprint density at radius 2 is 1.93 bits per heavy atom. The van der Waals surface area contributed by atoms with Crippen LogP contribution < -0.4 is 14.4 Å². The van der Waals surface area contributed by atoms with E-state index in [0.29, 0.717) is 36.5 Å². The van der Waals surface area contributed by atoms with Crippen molar-refractivity contribution in [1.29, 1.82) is 0 Å². The first kappa shape index (κ1) is 22.0. The highest BCUT2D eigenvalue weighted by atomic mass is 35.5. The topological polar surface area (TPSA) is 38.8 Å². The number of benzene rings is 2. The molecular weight excluding hydrogens is 449 g/mol. The Labute approximate surface area is 189 Å². The molecule has 3 rings (SSSR count). The molecule has 0 spiro atoms. The summed E-state index contributed by atoms with van der Waals surface area (Å²) in [5, 5.41) is 0.784. The Kier molecular flexibility index (Phi) is 7.11. The van der Waals surface area contributed by atoms with E-state index in [2.05, 4.69) is 6.92 Å². The zero-order valence-electron chi connectivity index (χ0n) is 16.1. The molecule has 1 fully saturated rings. The number of nitrogens with zero attached hydrogens (tertiary/aromatic N) is 1. The number of rotatable bonds is 6. The molecule has 1 amide bonds. The molecule has 0 saturated carbocycles. The number of halogens is 2. The van der Waals surface area contributed by atoms with Crippen molar-refractivity contribution in [2.45, 2.75) is 26.4 Å². The molecule has 1 aliphatic heterocycles. The molecule has 29 heavy (non-hydrogen) atoms. The van der Waals surface area contributed by atoms with Gasteiger partial charge in [-0.1, -0.05) is 60.2 Å². The number of carbonyl (C=O) groups is 1. The lowest BCUT2D eigenvalue weighted by Gasteiger charge is -2.16. The summed E-state index contributed by atoms with van der Waals surface area (Å²) in [4.78, 5) is 14.9. The number of anilines is 1. The maximum atomic E-state index is 12.9.